The van der Waals surface area contributed by atoms with Crippen molar-refractivity contribution in [3.63, 3.8) is 0 Å². The Hall–Kier alpha value is -4.13. The number of amidine groups is 1. The van der Waals surface area contributed by atoms with Crippen molar-refractivity contribution in [2.24, 2.45) is 4.99 Å². The highest BCUT2D eigenvalue weighted by Gasteiger charge is 2.30. The van der Waals surface area contributed by atoms with Crippen LogP contribution in [-0.4, -0.2) is 48.5 Å². The summed E-state index contributed by atoms with van der Waals surface area (Å²) in [5.41, 5.74) is 4.94. The Morgan fingerprint density at radius 1 is 1.05 bits per heavy atom. The monoisotopic (exact) mass is 527 g/mol. The van der Waals surface area contributed by atoms with Gasteiger partial charge in [-0.3, -0.25) is 0 Å². The average molecular weight is 528 g/mol. The third-order valence-electron chi connectivity index (χ3n) is 7.53. The Morgan fingerprint density at radius 3 is 2.44 bits per heavy atom. The van der Waals surface area contributed by atoms with Gasteiger partial charge in [-0.25, -0.2) is 14.2 Å². The topological polar surface area (TPSA) is 65.4 Å². The van der Waals surface area contributed by atoms with Gasteiger partial charge >= 0.3 is 5.97 Å². The van der Waals surface area contributed by atoms with Gasteiger partial charge in [0.2, 0.25) is 0 Å². The predicted octanol–water partition coefficient (Wildman–Crippen LogP) is 6.74. The summed E-state index contributed by atoms with van der Waals surface area (Å²) in [4.78, 5) is 20.5. The Bertz CT molecular complexity index is 1410. The van der Waals surface area contributed by atoms with Gasteiger partial charge in [-0.15, -0.1) is 0 Å². The first-order valence-corrected chi connectivity index (χ1v) is 13.4. The summed E-state index contributed by atoms with van der Waals surface area (Å²) in [6.07, 6.45) is 5.79. The van der Waals surface area contributed by atoms with Gasteiger partial charge in [-0.2, -0.15) is 0 Å². The minimum absolute atomic E-state index is 0.0939. The van der Waals surface area contributed by atoms with Crippen LogP contribution in [0.15, 0.2) is 77.9 Å². The zero-order valence-electron chi connectivity index (χ0n) is 22.5. The third-order valence-corrected chi connectivity index (χ3v) is 7.53. The van der Waals surface area contributed by atoms with Crippen molar-refractivity contribution in [3.8, 4) is 16.9 Å². The van der Waals surface area contributed by atoms with E-state index in [-0.39, 0.29) is 12.2 Å². The van der Waals surface area contributed by atoms with Crippen LogP contribution in [0.1, 0.15) is 53.6 Å². The molecule has 1 aliphatic carbocycles. The second-order valence-corrected chi connectivity index (χ2v) is 10.5. The minimum atomic E-state index is -1.01. The quantitative estimate of drug-likeness (QED) is 0.351. The number of halogens is 1. The fraction of sp³-hybridized carbons (Fsp3) is 0.312. The summed E-state index contributed by atoms with van der Waals surface area (Å²) < 4.78 is 21.4. The lowest BCUT2D eigenvalue weighted by molar-refractivity contribution is 0.0696. The average Bonchev–Trinajstić information content (AvgIpc) is 3.33. The van der Waals surface area contributed by atoms with Gasteiger partial charge in [0, 0.05) is 31.9 Å². The molecular weight excluding hydrogens is 493 g/mol. The first-order chi connectivity index (χ1) is 18.8. The highest BCUT2D eigenvalue weighted by Crippen LogP contribution is 2.31. The summed E-state index contributed by atoms with van der Waals surface area (Å²) in [7, 11) is 3.95. The van der Waals surface area contributed by atoms with E-state index in [1.807, 2.05) is 43.3 Å². The number of hydrogen-bond acceptors (Lipinski definition) is 5. The van der Waals surface area contributed by atoms with Gasteiger partial charge in [0.25, 0.3) is 0 Å². The molecule has 0 bridgehead atoms. The van der Waals surface area contributed by atoms with Gasteiger partial charge in [0.15, 0.2) is 0 Å². The number of carboxylic acids is 1. The molecule has 39 heavy (non-hydrogen) atoms. The molecule has 0 radical (unpaired) electrons. The third kappa shape index (κ3) is 5.82. The molecule has 0 unspecified atom stereocenters. The molecule has 1 N–H and O–H groups in total. The molecule has 0 spiro atoms. The number of ether oxygens (including phenoxy) is 1. The molecule has 0 aromatic heterocycles. The van der Waals surface area contributed by atoms with Crippen molar-refractivity contribution in [2.45, 2.75) is 44.8 Å². The maximum Gasteiger partial charge on any atom is 0.335 e. The Labute approximate surface area is 229 Å². The summed E-state index contributed by atoms with van der Waals surface area (Å²) in [6, 6.07) is 18.2. The Morgan fingerprint density at radius 2 is 1.77 bits per heavy atom. The fourth-order valence-electron chi connectivity index (χ4n) is 5.43. The number of carbonyl (C=O) groups is 1. The molecule has 202 valence electrons. The SMILES string of the molecule is C=C1CN(C2CCCCC2)C(c2ccc(OCc3cc(C(=O)O)ccc3-c3ccc(N(C)C)cc3)cc2F)=N1. The van der Waals surface area contributed by atoms with Crippen LogP contribution in [0.5, 0.6) is 5.75 Å². The van der Waals surface area contributed by atoms with Crippen molar-refractivity contribution in [2.75, 3.05) is 25.5 Å². The second-order valence-electron chi connectivity index (χ2n) is 10.5. The van der Waals surface area contributed by atoms with E-state index >= 15 is 4.39 Å². The number of nitrogens with zero attached hydrogens (tertiary/aromatic N) is 3. The van der Waals surface area contributed by atoms with Gasteiger partial charge in [0.1, 0.15) is 24.0 Å². The predicted molar refractivity (Wildman–Crippen MR) is 153 cm³/mol. The number of carboxylic acid groups (broad SMARTS) is 1. The highest BCUT2D eigenvalue weighted by molar-refractivity contribution is 6.01. The largest absolute Gasteiger partial charge is 0.489 e. The van der Waals surface area contributed by atoms with Crippen molar-refractivity contribution >= 4 is 17.5 Å². The molecule has 7 heteroatoms. The molecule has 0 saturated heterocycles. The van der Waals surface area contributed by atoms with Crippen molar-refractivity contribution in [3.05, 3.63) is 95.4 Å². The van der Waals surface area contributed by atoms with E-state index in [9.17, 15) is 9.90 Å². The zero-order valence-corrected chi connectivity index (χ0v) is 22.5. The molecule has 1 heterocycles. The maximum absolute atomic E-state index is 15.4. The molecule has 5 rings (SSSR count). The van der Waals surface area contributed by atoms with Gasteiger partial charge in [-0.05, 0) is 65.9 Å². The molecule has 3 aromatic rings. The number of anilines is 1. The smallest absolute Gasteiger partial charge is 0.335 e. The standard InChI is InChI=1S/C32H34FN3O3/c1-21-19-36(26-7-5-4-6-8-26)31(34-21)29-16-14-27(18-30(29)33)39-20-24-17-23(32(37)38)11-15-28(24)22-9-12-25(13-10-22)35(2)3/h9-18,26H,1,4-8,19-20H2,2-3H3,(H,37,38). The molecule has 2 aliphatic rings. The molecule has 1 aliphatic heterocycles. The van der Waals surface area contributed by atoms with E-state index in [0.717, 1.165) is 35.4 Å². The van der Waals surface area contributed by atoms with Crippen LogP contribution in [0.4, 0.5) is 10.1 Å². The fourth-order valence-corrected chi connectivity index (χ4v) is 5.43. The molecule has 0 atom stereocenters. The van der Waals surface area contributed by atoms with Crippen LogP contribution in [0.2, 0.25) is 0 Å². The summed E-state index contributed by atoms with van der Waals surface area (Å²) in [6.45, 7) is 4.76. The Balaban J connectivity index is 1.37. The minimum Gasteiger partial charge on any atom is -0.489 e. The van der Waals surface area contributed by atoms with E-state index < -0.39 is 11.8 Å². The van der Waals surface area contributed by atoms with Crippen LogP contribution in [0.3, 0.4) is 0 Å². The van der Waals surface area contributed by atoms with Crippen LogP contribution in [0, 0.1) is 5.82 Å². The molecule has 0 amide bonds. The lowest BCUT2D eigenvalue weighted by atomic mass is 9.93. The summed E-state index contributed by atoms with van der Waals surface area (Å²) in [5.74, 6) is -0.399. The van der Waals surface area contributed by atoms with E-state index in [2.05, 4.69) is 16.5 Å². The van der Waals surface area contributed by atoms with E-state index in [4.69, 9.17) is 4.74 Å². The summed E-state index contributed by atoms with van der Waals surface area (Å²) in [5, 5.41) is 9.54. The van der Waals surface area contributed by atoms with Crippen LogP contribution in [0.25, 0.3) is 11.1 Å². The van der Waals surface area contributed by atoms with Crippen molar-refractivity contribution in [1.29, 1.82) is 0 Å². The Kier molecular flexibility index (Phi) is 7.68. The van der Waals surface area contributed by atoms with Crippen molar-refractivity contribution < 1.29 is 19.0 Å². The molecule has 6 nitrogen and oxygen atoms in total. The number of rotatable bonds is 8. The van der Waals surface area contributed by atoms with Crippen LogP contribution >= 0.6 is 0 Å². The van der Waals surface area contributed by atoms with E-state index in [1.54, 1.807) is 30.3 Å². The van der Waals surface area contributed by atoms with Crippen LogP contribution < -0.4 is 9.64 Å². The molecule has 1 saturated carbocycles. The summed E-state index contributed by atoms with van der Waals surface area (Å²) >= 11 is 0. The van der Waals surface area contributed by atoms with Gasteiger partial charge in [0.05, 0.1) is 23.4 Å². The van der Waals surface area contributed by atoms with Gasteiger partial charge in [-0.1, -0.05) is 44.0 Å². The van der Waals surface area contributed by atoms with Crippen molar-refractivity contribution in [1.82, 2.24) is 4.90 Å². The molecule has 1 fully saturated rings. The highest BCUT2D eigenvalue weighted by atomic mass is 19.1. The normalized spacial score (nSPS) is 15.8. The van der Waals surface area contributed by atoms with Gasteiger partial charge < -0.3 is 19.6 Å². The lowest BCUT2D eigenvalue weighted by Crippen LogP contribution is -2.39. The molecular formula is C32H34FN3O3. The number of aromatic carboxylic acids is 1. The first kappa shape index (κ1) is 26.5. The number of hydrogen-bond donors (Lipinski definition) is 1. The number of aliphatic imine (C=N–C) groups is 1. The molecule has 3 aromatic carbocycles. The zero-order chi connectivity index (χ0) is 27.5. The van der Waals surface area contributed by atoms with E-state index in [1.165, 1.54) is 25.3 Å². The number of benzene rings is 3. The lowest BCUT2D eigenvalue weighted by Gasteiger charge is -2.33. The van der Waals surface area contributed by atoms with Crippen LogP contribution in [-0.2, 0) is 6.61 Å². The second kappa shape index (κ2) is 11.3. The van der Waals surface area contributed by atoms with E-state index in [0.29, 0.717) is 35.3 Å². The maximum atomic E-state index is 15.4. The first-order valence-electron chi connectivity index (χ1n) is 13.4.